The summed E-state index contributed by atoms with van der Waals surface area (Å²) < 4.78 is 24.1. The summed E-state index contributed by atoms with van der Waals surface area (Å²) in [6.07, 6.45) is 0. The van der Waals surface area contributed by atoms with E-state index in [0.29, 0.717) is 0 Å². The predicted octanol–water partition coefficient (Wildman–Crippen LogP) is -2.52. The predicted molar refractivity (Wildman–Crippen MR) is 52.1 cm³/mol. The minimum Gasteiger partial charge on any atom is -0.369 e. The van der Waals surface area contributed by atoms with E-state index in [1.165, 1.54) is 11.9 Å². The molecule has 0 aliphatic carbocycles. The number of nitrogens with two attached hydrogens (primary N) is 1. The molecule has 86 valence electrons. The van der Waals surface area contributed by atoms with Gasteiger partial charge in [0.1, 0.15) is 5.75 Å². The maximum atomic E-state index is 11.3. The maximum absolute atomic E-state index is 11.3. The van der Waals surface area contributed by atoms with Crippen LogP contribution in [0.15, 0.2) is 0 Å². The van der Waals surface area contributed by atoms with Crippen LogP contribution in [0, 0.1) is 5.92 Å². The molecule has 0 spiro atoms. The molecule has 0 saturated carbocycles. The van der Waals surface area contributed by atoms with E-state index in [1.54, 1.807) is 0 Å². The Kier molecular flexibility index (Phi) is 3.30. The third-order valence-corrected chi connectivity index (χ3v) is 3.51. The fourth-order valence-corrected chi connectivity index (χ4v) is 1.84. The van der Waals surface area contributed by atoms with Crippen LogP contribution >= 0.6 is 0 Å². The minimum absolute atomic E-state index is 0.216. The van der Waals surface area contributed by atoms with Crippen LogP contribution in [0.4, 0.5) is 0 Å². The molecule has 7 nitrogen and oxygen atoms in total. The number of amides is 2. The molecule has 0 aromatic heterocycles. The van der Waals surface area contributed by atoms with Gasteiger partial charge in [-0.25, -0.2) is 13.1 Å². The zero-order valence-corrected chi connectivity index (χ0v) is 9.08. The van der Waals surface area contributed by atoms with Crippen molar-refractivity contribution in [1.82, 2.24) is 9.62 Å². The topological polar surface area (TPSA) is 110 Å². The lowest BCUT2D eigenvalue weighted by atomic mass is 10.00. The van der Waals surface area contributed by atoms with Gasteiger partial charge in [-0.3, -0.25) is 9.59 Å². The van der Waals surface area contributed by atoms with Gasteiger partial charge in [0, 0.05) is 13.1 Å². The molecule has 0 atom stereocenters. The minimum atomic E-state index is -3.54. The van der Waals surface area contributed by atoms with Crippen LogP contribution in [-0.2, 0) is 19.6 Å². The number of hydrogen-bond acceptors (Lipinski definition) is 4. The fourth-order valence-electron chi connectivity index (χ4n) is 1.19. The molecule has 1 fully saturated rings. The second-order valence-electron chi connectivity index (χ2n) is 3.36. The van der Waals surface area contributed by atoms with Gasteiger partial charge in [0.15, 0.2) is 0 Å². The number of primary amides is 1. The van der Waals surface area contributed by atoms with Gasteiger partial charge in [0.2, 0.25) is 21.8 Å². The Morgan fingerprint density at radius 2 is 2.00 bits per heavy atom. The molecule has 15 heavy (non-hydrogen) atoms. The van der Waals surface area contributed by atoms with Crippen LogP contribution in [0.25, 0.3) is 0 Å². The molecule has 1 saturated heterocycles. The third-order valence-electron chi connectivity index (χ3n) is 2.26. The first-order valence-electron chi connectivity index (χ1n) is 4.34. The number of likely N-dealkylation sites (tertiary alicyclic amines) is 1. The molecule has 1 aliphatic heterocycles. The molecule has 0 aromatic carbocycles. The monoisotopic (exact) mass is 235 g/mol. The first-order chi connectivity index (χ1) is 6.85. The number of sulfonamides is 1. The number of carbonyl (C=O) groups is 2. The van der Waals surface area contributed by atoms with Crippen molar-refractivity contribution < 1.29 is 18.0 Å². The van der Waals surface area contributed by atoms with E-state index >= 15 is 0 Å². The van der Waals surface area contributed by atoms with Gasteiger partial charge in [0.05, 0.1) is 5.92 Å². The molecule has 0 unspecified atom stereocenters. The first kappa shape index (κ1) is 11.9. The van der Waals surface area contributed by atoms with Crippen LogP contribution in [0.5, 0.6) is 0 Å². The highest BCUT2D eigenvalue weighted by molar-refractivity contribution is 7.90. The SMILES string of the molecule is CNS(=O)(=O)CC(=O)N1CC(C(N)=O)C1. The Morgan fingerprint density at radius 1 is 1.47 bits per heavy atom. The molecular weight excluding hydrogens is 222 g/mol. The van der Waals surface area contributed by atoms with Crippen molar-refractivity contribution in [3.63, 3.8) is 0 Å². The van der Waals surface area contributed by atoms with Crippen molar-refractivity contribution in [2.24, 2.45) is 11.7 Å². The summed E-state index contributed by atoms with van der Waals surface area (Å²) >= 11 is 0. The fraction of sp³-hybridized carbons (Fsp3) is 0.714. The lowest BCUT2D eigenvalue weighted by Gasteiger charge is -2.37. The molecular formula is C7H13N3O4S. The summed E-state index contributed by atoms with van der Waals surface area (Å²) in [6, 6.07) is 0. The average Bonchev–Trinajstić information content (AvgIpc) is 1.99. The van der Waals surface area contributed by atoms with E-state index in [4.69, 9.17) is 5.73 Å². The standard InChI is InChI=1S/C7H13N3O4S/c1-9-15(13,14)4-6(11)10-2-5(3-10)7(8)12/h5,9H,2-4H2,1H3,(H2,8,12). The van der Waals surface area contributed by atoms with Crippen molar-refractivity contribution >= 4 is 21.8 Å². The Labute approximate surface area is 87.7 Å². The molecule has 0 bridgehead atoms. The summed E-state index contributed by atoms with van der Waals surface area (Å²) in [7, 11) is -2.29. The van der Waals surface area contributed by atoms with E-state index < -0.39 is 27.6 Å². The lowest BCUT2D eigenvalue weighted by molar-refractivity contribution is -0.139. The number of rotatable bonds is 4. The van der Waals surface area contributed by atoms with E-state index in [-0.39, 0.29) is 19.0 Å². The summed E-state index contributed by atoms with van der Waals surface area (Å²) in [5.41, 5.74) is 5.01. The zero-order chi connectivity index (χ0) is 11.6. The number of hydrogen-bond donors (Lipinski definition) is 2. The lowest BCUT2D eigenvalue weighted by Crippen LogP contribution is -2.56. The second kappa shape index (κ2) is 4.15. The normalized spacial score (nSPS) is 17.3. The van der Waals surface area contributed by atoms with Crippen molar-refractivity contribution in [1.29, 1.82) is 0 Å². The van der Waals surface area contributed by atoms with Crippen LogP contribution in [0.2, 0.25) is 0 Å². The van der Waals surface area contributed by atoms with E-state index in [2.05, 4.69) is 0 Å². The second-order valence-corrected chi connectivity index (χ2v) is 5.29. The highest BCUT2D eigenvalue weighted by Gasteiger charge is 2.35. The summed E-state index contributed by atoms with van der Waals surface area (Å²) in [6.45, 7) is 0.431. The average molecular weight is 235 g/mol. The van der Waals surface area contributed by atoms with Gasteiger partial charge in [-0.15, -0.1) is 0 Å². The maximum Gasteiger partial charge on any atom is 0.239 e. The molecule has 0 aromatic rings. The number of nitrogens with zero attached hydrogens (tertiary/aromatic N) is 1. The smallest absolute Gasteiger partial charge is 0.239 e. The summed E-state index contributed by atoms with van der Waals surface area (Å²) in [5, 5.41) is 0. The summed E-state index contributed by atoms with van der Waals surface area (Å²) in [4.78, 5) is 23.3. The van der Waals surface area contributed by atoms with Crippen LogP contribution < -0.4 is 10.5 Å². The summed E-state index contributed by atoms with van der Waals surface area (Å²) in [5.74, 6) is -1.90. The molecule has 0 radical (unpaired) electrons. The van der Waals surface area contributed by atoms with Crippen LogP contribution in [0.1, 0.15) is 0 Å². The highest BCUT2D eigenvalue weighted by Crippen LogP contribution is 2.14. The van der Waals surface area contributed by atoms with Gasteiger partial charge in [-0.1, -0.05) is 0 Å². The van der Waals surface area contributed by atoms with E-state index in [1.807, 2.05) is 4.72 Å². The Balaban J connectivity index is 2.43. The molecule has 2 amide bonds. The van der Waals surface area contributed by atoms with E-state index in [9.17, 15) is 18.0 Å². The van der Waals surface area contributed by atoms with Gasteiger partial charge in [0.25, 0.3) is 0 Å². The molecule has 1 rings (SSSR count). The van der Waals surface area contributed by atoms with Crippen molar-refractivity contribution in [2.45, 2.75) is 0 Å². The third kappa shape index (κ3) is 2.90. The molecule has 8 heteroatoms. The van der Waals surface area contributed by atoms with Crippen molar-refractivity contribution in [3.8, 4) is 0 Å². The largest absolute Gasteiger partial charge is 0.369 e. The Morgan fingerprint density at radius 3 is 2.40 bits per heavy atom. The zero-order valence-electron chi connectivity index (χ0n) is 8.26. The Bertz CT molecular complexity index is 372. The van der Waals surface area contributed by atoms with Crippen LogP contribution in [-0.4, -0.2) is 51.0 Å². The molecule has 3 N–H and O–H groups in total. The van der Waals surface area contributed by atoms with Gasteiger partial charge < -0.3 is 10.6 Å². The van der Waals surface area contributed by atoms with Gasteiger partial charge in [-0.05, 0) is 7.05 Å². The first-order valence-corrected chi connectivity index (χ1v) is 5.99. The Hall–Kier alpha value is -1.15. The number of nitrogens with one attached hydrogen (secondary N) is 1. The van der Waals surface area contributed by atoms with Crippen molar-refractivity contribution in [2.75, 3.05) is 25.9 Å². The highest BCUT2D eigenvalue weighted by atomic mass is 32.2. The molecule has 1 aliphatic rings. The van der Waals surface area contributed by atoms with Crippen molar-refractivity contribution in [3.05, 3.63) is 0 Å². The quantitative estimate of drug-likeness (QED) is 0.560. The number of carbonyl (C=O) groups excluding carboxylic acids is 2. The molecule has 1 heterocycles. The van der Waals surface area contributed by atoms with Gasteiger partial charge >= 0.3 is 0 Å². The van der Waals surface area contributed by atoms with Crippen LogP contribution in [0.3, 0.4) is 0 Å². The van der Waals surface area contributed by atoms with Gasteiger partial charge in [-0.2, -0.15) is 0 Å². The van der Waals surface area contributed by atoms with E-state index in [0.717, 1.165) is 0 Å².